The Kier molecular flexibility index (Phi) is 2.83. The lowest BCUT2D eigenvalue weighted by atomic mass is 10.1. The second-order valence-corrected chi connectivity index (χ2v) is 4.46. The van der Waals surface area contributed by atoms with Crippen molar-refractivity contribution in [2.75, 3.05) is 5.32 Å². The van der Waals surface area contributed by atoms with Crippen LogP contribution in [-0.4, -0.2) is 20.7 Å². The molecule has 20 heavy (non-hydrogen) atoms. The van der Waals surface area contributed by atoms with Crippen LogP contribution >= 0.6 is 0 Å². The van der Waals surface area contributed by atoms with Gasteiger partial charge in [-0.25, -0.2) is 0 Å². The van der Waals surface area contributed by atoms with Crippen LogP contribution in [-0.2, 0) is 7.05 Å². The average Bonchev–Trinajstić information content (AvgIpc) is 2.84. The maximum atomic E-state index is 12.1. The number of hydrogen-bond donors (Lipinski definition) is 2. The summed E-state index contributed by atoms with van der Waals surface area (Å²) in [5.41, 5.74) is 0.517. The molecule has 0 aliphatic heterocycles. The van der Waals surface area contributed by atoms with Gasteiger partial charge in [0, 0.05) is 18.6 Å². The first-order valence-electron chi connectivity index (χ1n) is 6.05. The number of pyridine rings is 1. The highest BCUT2D eigenvalue weighted by Crippen LogP contribution is 2.11. The molecule has 0 spiro atoms. The first kappa shape index (κ1) is 12.2. The Labute approximate surface area is 114 Å². The Morgan fingerprint density at radius 2 is 2.15 bits per heavy atom. The lowest BCUT2D eigenvalue weighted by Gasteiger charge is -2.04. The van der Waals surface area contributed by atoms with E-state index in [2.05, 4.69) is 15.4 Å². The van der Waals surface area contributed by atoms with Gasteiger partial charge < -0.3 is 10.3 Å². The zero-order valence-corrected chi connectivity index (χ0v) is 10.8. The Bertz CT molecular complexity index is 848. The van der Waals surface area contributed by atoms with Gasteiger partial charge >= 0.3 is 0 Å². The van der Waals surface area contributed by atoms with Crippen molar-refractivity contribution in [3.63, 3.8) is 0 Å². The number of H-pyrrole nitrogens is 1. The smallest absolute Gasteiger partial charge is 0.272 e. The van der Waals surface area contributed by atoms with Crippen LogP contribution in [0.15, 0.2) is 47.5 Å². The maximum Gasteiger partial charge on any atom is 0.272 e. The monoisotopic (exact) mass is 268 g/mol. The fourth-order valence-corrected chi connectivity index (χ4v) is 2.02. The number of aryl methyl sites for hydroxylation is 1. The highest BCUT2D eigenvalue weighted by atomic mass is 16.2. The van der Waals surface area contributed by atoms with Crippen molar-refractivity contribution in [3.05, 3.63) is 58.8 Å². The van der Waals surface area contributed by atoms with Crippen molar-refractivity contribution in [1.29, 1.82) is 0 Å². The minimum Gasteiger partial charge on any atom is -0.318 e. The lowest BCUT2D eigenvalue weighted by molar-refractivity contribution is 0.102. The van der Waals surface area contributed by atoms with Crippen LogP contribution in [0.4, 0.5) is 5.69 Å². The van der Waals surface area contributed by atoms with Gasteiger partial charge in [0.25, 0.3) is 11.5 Å². The minimum absolute atomic E-state index is 0.220. The fraction of sp³-hybridized carbons (Fsp3) is 0.0714. The average molecular weight is 268 g/mol. The van der Waals surface area contributed by atoms with E-state index in [1.54, 1.807) is 42.2 Å². The van der Waals surface area contributed by atoms with Gasteiger partial charge in [-0.1, -0.05) is 18.2 Å². The number of nitrogens with one attached hydrogen (secondary N) is 2. The molecule has 2 heterocycles. The second-order valence-electron chi connectivity index (χ2n) is 4.46. The predicted octanol–water partition coefficient (Wildman–Crippen LogP) is 1.51. The summed E-state index contributed by atoms with van der Waals surface area (Å²) in [6, 6.07) is 8.78. The fourth-order valence-electron chi connectivity index (χ4n) is 2.02. The predicted molar refractivity (Wildman–Crippen MR) is 75.7 cm³/mol. The number of anilines is 1. The van der Waals surface area contributed by atoms with Crippen molar-refractivity contribution in [2.24, 2.45) is 7.05 Å². The number of aromatic nitrogens is 3. The molecule has 1 aromatic carbocycles. The first-order chi connectivity index (χ1) is 9.63. The summed E-state index contributed by atoms with van der Waals surface area (Å²) >= 11 is 0. The van der Waals surface area contributed by atoms with E-state index < -0.39 is 0 Å². The Balaban J connectivity index is 1.97. The van der Waals surface area contributed by atoms with Crippen LogP contribution in [0.2, 0.25) is 0 Å². The van der Waals surface area contributed by atoms with Crippen LogP contribution in [0.5, 0.6) is 0 Å². The van der Waals surface area contributed by atoms with E-state index >= 15 is 0 Å². The molecule has 100 valence electrons. The molecule has 1 amide bonds. The molecule has 0 saturated heterocycles. The van der Waals surface area contributed by atoms with E-state index in [1.807, 2.05) is 6.07 Å². The third-order valence-corrected chi connectivity index (χ3v) is 2.96. The summed E-state index contributed by atoms with van der Waals surface area (Å²) in [5.74, 6) is -0.374. The molecule has 2 aromatic heterocycles. The molecule has 0 radical (unpaired) electrons. The molecule has 0 unspecified atom stereocenters. The van der Waals surface area contributed by atoms with Crippen LogP contribution in [0.25, 0.3) is 10.8 Å². The summed E-state index contributed by atoms with van der Waals surface area (Å²) in [6.45, 7) is 0. The molecule has 6 heteroatoms. The van der Waals surface area contributed by atoms with Crippen molar-refractivity contribution in [2.45, 2.75) is 0 Å². The van der Waals surface area contributed by atoms with Crippen LogP contribution in [0.3, 0.4) is 0 Å². The Hall–Kier alpha value is -2.89. The number of rotatable bonds is 2. The number of carbonyl (C=O) groups excluding carboxylic acids is 1. The number of amides is 1. The normalized spacial score (nSPS) is 10.7. The molecule has 3 rings (SSSR count). The standard InChI is InChI=1S/C14H12N4O2/c1-18-8-10(7-15-18)16-14(20)12-6-9-4-2-3-5-11(9)13(19)17-12/h2-8H,1H3,(H,16,20)(H,17,19). The highest BCUT2D eigenvalue weighted by Gasteiger charge is 2.10. The summed E-state index contributed by atoms with van der Waals surface area (Å²) in [5, 5.41) is 7.93. The topological polar surface area (TPSA) is 79.8 Å². The molecule has 6 nitrogen and oxygen atoms in total. The highest BCUT2D eigenvalue weighted by molar-refractivity contribution is 6.04. The Morgan fingerprint density at radius 3 is 2.90 bits per heavy atom. The van der Waals surface area contributed by atoms with Crippen molar-refractivity contribution >= 4 is 22.4 Å². The van der Waals surface area contributed by atoms with Crippen molar-refractivity contribution < 1.29 is 4.79 Å². The van der Waals surface area contributed by atoms with Gasteiger partial charge in [-0.05, 0) is 17.5 Å². The molecule has 0 aliphatic carbocycles. The summed E-state index contributed by atoms with van der Waals surface area (Å²) in [4.78, 5) is 26.6. The number of hydrogen-bond acceptors (Lipinski definition) is 3. The van der Waals surface area contributed by atoms with E-state index in [-0.39, 0.29) is 17.2 Å². The van der Waals surface area contributed by atoms with Gasteiger partial charge in [-0.2, -0.15) is 5.10 Å². The second kappa shape index (κ2) is 4.65. The summed E-state index contributed by atoms with van der Waals surface area (Å²) in [6.07, 6.45) is 3.22. The molecular formula is C14H12N4O2. The third kappa shape index (κ3) is 2.18. The van der Waals surface area contributed by atoms with Gasteiger partial charge in [0.2, 0.25) is 0 Å². The van der Waals surface area contributed by atoms with Crippen molar-refractivity contribution in [3.8, 4) is 0 Å². The number of nitrogens with zero attached hydrogens (tertiary/aromatic N) is 2. The quantitative estimate of drug-likeness (QED) is 0.739. The SMILES string of the molecule is Cn1cc(NC(=O)c2cc3ccccc3c(=O)[nH]2)cn1. The van der Waals surface area contributed by atoms with E-state index in [9.17, 15) is 9.59 Å². The van der Waals surface area contributed by atoms with Crippen LogP contribution < -0.4 is 10.9 Å². The van der Waals surface area contributed by atoms with E-state index in [4.69, 9.17) is 0 Å². The number of benzene rings is 1. The number of aromatic amines is 1. The molecular weight excluding hydrogens is 256 g/mol. The summed E-state index contributed by atoms with van der Waals surface area (Å²) in [7, 11) is 1.76. The number of fused-ring (bicyclic) bond motifs is 1. The number of carbonyl (C=O) groups is 1. The summed E-state index contributed by atoms with van der Waals surface area (Å²) < 4.78 is 1.58. The zero-order chi connectivity index (χ0) is 14.1. The van der Waals surface area contributed by atoms with Crippen molar-refractivity contribution in [1.82, 2.24) is 14.8 Å². The largest absolute Gasteiger partial charge is 0.318 e. The van der Waals surface area contributed by atoms with E-state index in [0.717, 1.165) is 5.39 Å². The zero-order valence-electron chi connectivity index (χ0n) is 10.8. The van der Waals surface area contributed by atoms with Gasteiger partial charge in [0.05, 0.1) is 11.9 Å². The van der Waals surface area contributed by atoms with Gasteiger partial charge in [0.1, 0.15) is 5.69 Å². The Morgan fingerprint density at radius 1 is 1.35 bits per heavy atom. The molecule has 0 aliphatic rings. The van der Waals surface area contributed by atoms with Crippen LogP contribution in [0.1, 0.15) is 10.5 Å². The van der Waals surface area contributed by atoms with Gasteiger partial charge in [-0.3, -0.25) is 14.3 Å². The third-order valence-electron chi connectivity index (χ3n) is 2.96. The molecule has 0 bridgehead atoms. The molecule has 0 atom stereocenters. The lowest BCUT2D eigenvalue weighted by Crippen LogP contribution is -2.18. The molecule has 0 saturated carbocycles. The van der Waals surface area contributed by atoms with E-state index in [1.165, 1.54) is 6.20 Å². The molecule has 3 aromatic rings. The van der Waals surface area contributed by atoms with Gasteiger partial charge in [-0.15, -0.1) is 0 Å². The van der Waals surface area contributed by atoms with Gasteiger partial charge in [0.15, 0.2) is 0 Å². The molecule has 0 fully saturated rings. The minimum atomic E-state index is -0.374. The van der Waals surface area contributed by atoms with E-state index in [0.29, 0.717) is 11.1 Å². The first-order valence-corrected chi connectivity index (χ1v) is 6.05. The molecule has 2 N–H and O–H groups in total. The van der Waals surface area contributed by atoms with Crippen LogP contribution in [0, 0.1) is 0 Å². The maximum absolute atomic E-state index is 12.1.